The second-order valence-electron chi connectivity index (χ2n) is 11.7. The van der Waals surface area contributed by atoms with E-state index in [0.29, 0.717) is 16.8 Å². The summed E-state index contributed by atoms with van der Waals surface area (Å²) < 4.78 is 91.4. The maximum absolute atomic E-state index is 15.2. The van der Waals surface area contributed by atoms with Crippen LogP contribution in [0.15, 0.2) is 47.4 Å². The van der Waals surface area contributed by atoms with E-state index < -0.39 is 46.5 Å². The minimum atomic E-state index is -4.53. The summed E-state index contributed by atoms with van der Waals surface area (Å²) in [7, 11) is -2.07. The van der Waals surface area contributed by atoms with Gasteiger partial charge in [0.15, 0.2) is 9.84 Å². The number of amides is 1. The van der Waals surface area contributed by atoms with E-state index >= 15 is 4.39 Å². The van der Waals surface area contributed by atoms with Gasteiger partial charge in [-0.05, 0) is 63.4 Å². The Morgan fingerprint density at radius 1 is 1.11 bits per heavy atom. The molecule has 9 nitrogen and oxygen atoms in total. The summed E-state index contributed by atoms with van der Waals surface area (Å²) in [6.45, 7) is 4.00. The van der Waals surface area contributed by atoms with Gasteiger partial charge in [-0.2, -0.15) is 13.2 Å². The molecule has 45 heavy (non-hydrogen) atoms. The third-order valence-corrected chi connectivity index (χ3v) is 8.11. The second-order valence-corrected chi connectivity index (χ2v) is 13.8. The van der Waals surface area contributed by atoms with E-state index in [2.05, 4.69) is 22.5 Å². The molecule has 2 aromatic carbocycles. The zero-order valence-electron chi connectivity index (χ0n) is 25.6. The van der Waals surface area contributed by atoms with E-state index in [9.17, 15) is 26.4 Å². The molecule has 0 spiro atoms. The molecule has 1 aliphatic rings. The van der Waals surface area contributed by atoms with Gasteiger partial charge in [0.2, 0.25) is 0 Å². The number of anilines is 2. The molecular weight excluding hydrogens is 616 g/mol. The van der Waals surface area contributed by atoms with Gasteiger partial charge in [0.05, 0.1) is 48.0 Å². The van der Waals surface area contributed by atoms with Gasteiger partial charge in [-0.25, -0.2) is 17.6 Å². The number of aromatic nitrogens is 1. The summed E-state index contributed by atoms with van der Waals surface area (Å²) in [5.74, 6) is 5.89. The molecule has 3 aromatic rings. The van der Waals surface area contributed by atoms with Gasteiger partial charge in [0.25, 0.3) is 0 Å². The number of hydrogen-bond acceptors (Lipinski definition) is 7. The highest BCUT2D eigenvalue weighted by molar-refractivity contribution is 7.90. The SMILES string of the molecule is COc1cc(S(C)(=O)=O)ccc1NCC#Cc1cc2c(N[C@@H]3CCN(C(=O)OC(C)(C)C)C[C@@H]3F)cccc2n1CC(F)(F)F. The fourth-order valence-corrected chi connectivity index (χ4v) is 5.58. The van der Waals surface area contributed by atoms with Crippen molar-refractivity contribution in [3.63, 3.8) is 0 Å². The molecule has 0 saturated carbocycles. The predicted octanol–water partition coefficient (Wildman–Crippen LogP) is 5.84. The summed E-state index contributed by atoms with van der Waals surface area (Å²) in [6.07, 6.45) is -5.22. The van der Waals surface area contributed by atoms with Crippen LogP contribution in [-0.4, -0.2) is 81.0 Å². The van der Waals surface area contributed by atoms with Crippen molar-refractivity contribution in [1.82, 2.24) is 9.47 Å². The lowest BCUT2D eigenvalue weighted by Crippen LogP contribution is -2.51. The van der Waals surface area contributed by atoms with Gasteiger partial charge in [-0.15, -0.1) is 0 Å². The number of nitrogens with zero attached hydrogens (tertiary/aromatic N) is 2. The number of ether oxygens (including phenoxy) is 2. The molecule has 14 heteroatoms. The van der Waals surface area contributed by atoms with E-state index in [1.54, 1.807) is 39.0 Å². The second kappa shape index (κ2) is 13.1. The molecule has 0 aliphatic carbocycles. The molecule has 0 bridgehead atoms. The van der Waals surface area contributed by atoms with Crippen LogP contribution in [0.4, 0.5) is 33.7 Å². The smallest absolute Gasteiger partial charge is 0.410 e. The average molecular weight is 653 g/mol. The highest BCUT2D eigenvalue weighted by Crippen LogP contribution is 2.32. The number of fused-ring (bicyclic) bond motifs is 1. The first-order valence-corrected chi connectivity index (χ1v) is 16.0. The largest absolute Gasteiger partial charge is 0.495 e. The van der Waals surface area contributed by atoms with Crippen molar-refractivity contribution in [3.05, 3.63) is 48.2 Å². The van der Waals surface area contributed by atoms with Crippen LogP contribution >= 0.6 is 0 Å². The lowest BCUT2D eigenvalue weighted by atomic mass is 10.0. The van der Waals surface area contributed by atoms with Crippen LogP contribution in [0.2, 0.25) is 0 Å². The summed E-state index contributed by atoms with van der Waals surface area (Å²) >= 11 is 0. The number of likely N-dealkylation sites (tertiary alicyclic amines) is 1. The third kappa shape index (κ3) is 8.75. The number of carbonyl (C=O) groups is 1. The Bertz CT molecular complexity index is 1720. The topological polar surface area (TPSA) is 102 Å². The molecule has 2 heterocycles. The van der Waals surface area contributed by atoms with Crippen molar-refractivity contribution in [2.24, 2.45) is 0 Å². The number of halogens is 4. The number of sulfone groups is 1. The number of nitrogens with one attached hydrogen (secondary N) is 2. The van der Waals surface area contributed by atoms with Crippen LogP contribution in [0.5, 0.6) is 5.75 Å². The van der Waals surface area contributed by atoms with Gasteiger partial charge >= 0.3 is 12.3 Å². The van der Waals surface area contributed by atoms with Crippen molar-refractivity contribution in [3.8, 4) is 17.6 Å². The van der Waals surface area contributed by atoms with Gasteiger partial charge < -0.3 is 29.6 Å². The molecule has 244 valence electrons. The molecule has 1 saturated heterocycles. The number of benzene rings is 2. The monoisotopic (exact) mass is 652 g/mol. The van der Waals surface area contributed by atoms with Gasteiger partial charge in [0.1, 0.15) is 24.1 Å². The molecule has 1 amide bonds. The summed E-state index contributed by atoms with van der Waals surface area (Å²) in [4.78, 5) is 13.8. The quantitative estimate of drug-likeness (QED) is 0.244. The number of hydrogen-bond donors (Lipinski definition) is 2. The average Bonchev–Trinajstić information content (AvgIpc) is 3.27. The van der Waals surface area contributed by atoms with E-state index in [1.165, 1.54) is 36.3 Å². The molecule has 1 aromatic heterocycles. The predicted molar refractivity (Wildman–Crippen MR) is 164 cm³/mol. The first kappa shape index (κ1) is 33.8. The van der Waals surface area contributed by atoms with Crippen molar-refractivity contribution >= 4 is 38.2 Å². The van der Waals surface area contributed by atoms with Crippen LogP contribution in [0.1, 0.15) is 32.9 Å². The van der Waals surface area contributed by atoms with Crippen LogP contribution in [-0.2, 0) is 21.1 Å². The van der Waals surface area contributed by atoms with E-state index in [-0.39, 0.29) is 47.9 Å². The highest BCUT2D eigenvalue weighted by atomic mass is 32.2. The van der Waals surface area contributed by atoms with Gasteiger partial charge in [-0.1, -0.05) is 12.0 Å². The van der Waals surface area contributed by atoms with E-state index in [4.69, 9.17) is 9.47 Å². The molecule has 4 rings (SSSR count). The summed E-state index contributed by atoms with van der Waals surface area (Å²) in [6, 6.07) is 9.94. The Morgan fingerprint density at radius 3 is 2.47 bits per heavy atom. The maximum Gasteiger partial charge on any atom is 0.410 e. The van der Waals surface area contributed by atoms with Crippen LogP contribution < -0.4 is 15.4 Å². The molecule has 1 fully saturated rings. The number of methoxy groups -OCH3 is 1. The number of piperidine rings is 1. The van der Waals surface area contributed by atoms with Gasteiger partial charge in [0, 0.05) is 29.9 Å². The minimum absolute atomic E-state index is 0.0208. The molecular formula is C31H36F4N4O5S. The number of carbonyl (C=O) groups excluding carboxylic acids is 1. The first-order chi connectivity index (χ1) is 20.9. The van der Waals surface area contributed by atoms with Crippen molar-refractivity contribution < 1.29 is 40.2 Å². The normalized spacial score (nSPS) is 17.4. The minimum Gasteiger partial charge on any atom is -0.495 e. The Hall–Kier alpha value is -4.12. The molecule has 2 N–H and O–H groups in total. The summed E-state index contributed by atoms with van der Waals surface area (Å²) in [5, 5.41) is 6.57. The zero-order chi connectivity index (χ0) is 33.2. The lowest BCUT2D eigenvalue weighted by molar-refractivity contribution is -0.140. The Kier molecular flexibility index (Phi) is 9.82. The fourth-order valence-electron chi connectivity index (χ4n) is 4.95. The standard InChI is InChI=1S/C31H36F4N4O5S/c1-30(2,3)44-29(40)38-15-13-25(23(32)18-38)37-24-9-6-10-27-22(24)16-20(39(27)19-31(33,34)35)8-7-14-36-26-12-11-21(45(5,41)42)17-28(26)43-4/h6,9-12,16-17,23,25,36-37H,13-15,18-19H2,1-5H3/t23-,25+/m0/s1. The highest BCUT2D eigenvalue weighted by Gasteiger charge is 2.34. The first-order valence-electron chi connectivity index (χ1n) is 14.1. The summed E-state index contributed by atoms with van der Waals surface area (Å²) in [5.41, 5.74) is 0.569. The van der Waals surface area contributed by atoms with Crippen LogP contribution in [0, 0.1) is 11.8 Å². The molecule has 0 radical (unpaired) electrons. The molecule has 0 unspecified atom stereocenters. The Morgan fingerprint density at radius 2 is 1.84 bits per heavy atom. The fraction of sp³-hybridized carbons (Fsp3) is 0.452. The Labute approximate surface area is 259 Å². The maximum atomic E-state index is 15.2. The van der Waals surface area contributed by atoms with Crippen LogP contribution in [0.25, 0.3) is 10.9 Å². The van der Waals surface area contributed by atoms with E-state index in [0.717, 1.165) is 10.8 Å². The van der Waals surface area contributed by atoms with Gasteiger partial charge in [-0.3, -0.25) is 0 Å². The third-order valence-electron chi connectivity index (χ3n) is 7.00. The number of rotatable bonds is 7. The van der Waals surface area contributed by atoms with E-state index in [1.807, 2.05) is 0 Å². The van der Waals surface area contributed by atoms with Crippen molar-refractivity contribution in [2.75, 3.05) is 43.6 Å². The molecule has 1 aliphatic heterocycles. The number of alkyl halides is 4. The molecule has 2 atom stereocenters. The van der Waals surface area contributed by atoms with Crippen molar-refractivity contribution in [2.45, 2.75) is 62.6 Å². The zero-order valence-corrected chi connectivity index (χ0v) is 26.4. The Balaban J connectivity index is 1.55. The van der Waals surface area contributed by atoms with Crippen molar-refractivity contribution in [1.29, 1.82) is 0 Å². The van der Waals surface area contributed by atoms with Crippen LogP contribution in [0.3, 0.4) is 0 Å². The lowest BCUT2D eigenvalue weighted by Gasteiger charge is -2.36.